The van der Waals surface area contributed by atoms with Crippen LogP contribution >= 0.6 is 17.1 Å². The zero-order chi connectivity index (χ0) is 11.4. The Balaban J connectivity index is 0. The molecular weight excluding hydrogens is 237 g/mol. The highest BCUT2D eigenvalue weighted by Crippen LogP contribution is 2.56. The summed E-state index contributed by atoms with van der Waals surface area (Å²) in [6, 6.07) is 0. The van der Waals surface area contributed by atoms with E-state index in [1.807, 2.05) is 21.0 Å². The Morgan fingerprint density at radius 2 is 1.93 bits per heavy atom. The highest BCUT2D eigenvalue weighted by atomic mass is 32.9. The minimum atomic E-state index is -2.47. The molecule has 0 aliphatic carbocycles. The summed E-state index contributed by atoms with van der Waals surface area (Å²) in [5, 5.41) is 2.75. The van der Waals surface area contributed by atoms with Crippen molar-refractivity contribution in [3.8, 4) is 0 Å². The third kappa shape index (κ3) is 15.4. The topological polar surface area (TPSA) is 41.5 Å². The molecule has 0 aromatic heterocycles. The minimum Gasteiger partial charge on any atom is -0.337 e. The molecule has 0 amide bonds. The van der Waals surface area contributed by atoms with Crippen molar-refractivity contribution in [1.82, 2.24) is 5.32 Å². The lowest BCUT2D eigenvalue weighted by atomic mass is 10.4. The van der Waals surface area contributed by atoms with Gasteiger partial charge in [0.2, 0.25) is 5.69 Å². The van der Waals surface area contributed by atoms with E-state index >= 15 is 0 Å². The van der Waals surface area contributed by atoms with Gasteiger partial charge in [0.15, 0.2) is 0 Å². The first-order valence-corrected chi connectivity index (χ1v) is 9.00. The summed E-state index contributed by atoms with van der Waals surface area (Å²) in [6.45, 7) is 4.46. The van der Waals surface area contributed by atoms with E-state index in [9.17, 15) is 4.89 Å². The Bertz CT molecular complexity index is 158. The van der Waals surface area contributed by atoms with E-state index in [1.165, 1.54) is 11.4 Å². The highest BCUT2D eigenvalue weighted by molar-refractivity contribution is 8.67. The SMILES string of the molecule is CCCCSP(O)(=S)OCC.CNC. The van der Waals surface area contributed by atoms with Crippen LogP contribution in [0.15, 0.2) is 0 Å². The van der Waals surface area contributed by atoms with Gasteiger partial charge in [0.05, 0.1) is 6.61 Å². The van der Waals surface area contributed by atoms with E-state index < -0.39 is 5.69 Å². The van der Waals surface area contributed by atoms with Crippen LogP contribution in [0.4, 0.5) is 0 Å². The molecule has 0 aliphatic heterocycles. The van der Waals surface area contributed by atoms with Gasteiger partial charge in [-0.2, -0.15) is 0 Å². The summed E-state index contributed by atoms with van der Waals surface area (Å²) in [7, 11) is 3.75. The molecule has 0 aliphatic rings. The lowest BCUT2D eigenvalue weighted by Gasteiger charge is -2.12. The molecule has 0 bridgehead atoms. The van der Waals surface area contributed by atoms with Gasteiger partial charge in [-0.25, -0.2) is 0 Å². The van der Waals surface area contributed by atoms with Gasteiger partial charge in [-0.3, -0.25) is 0 Å². The number of rotatable bonds is 6. The second kappa shape index (κ2) is 12.0. The lowest BCUT2D eigenvalue weighted by molar-refractivity contribution is 0.340. The molecule has 0 rings (SSSR count). The summed E-state index contributed by atoms with van der Waals surface area (Å²) in [5.41, 5.74) is -2.47. The zero-order valence-electron chi connectivity index (χ0n) is 9.45. The quantitative estimate of drug-likeness (QED) is 0.567. The van der Waals surface area contributed by atoms with E-state index in [4.69, 9.17) is 16.3 Å². The highest BCUT2D eigenvalue weighted by Gasteiger charge is 2.11. The average Bonchev–Trinajstić information content (AvgIpc) is 2.05. The van der Waals surface area contributed by atoms with Gasteiger partial charge < -0.3 is 14.7 Å². The predicted octanol–water partition coefficient (Wildman–Crippen LogP) is 2.61. The molecule has 0 saturated carbocycles. The first kappa shape index (κ1) is 17.3. The van der Waals surface area contributed by atoms with Crippen LogP contribution in [0.2, 0.25) is 0 Å². The maximum atomic E-state index is 9.41. The maximum Gasteiger partial charge on any atom is 0.244 e. The van der Waals surface area contributed by atoms with Gasteiger partial charge in [0, 0.05) is 5.75 Å². The molecule has 0 heterocycles. The zero-order valence-corrected chi connectivity index (χ0v) is 12.0. The van der Waals surface area contributed by atoms with Crippen LogP contribution < -0.4 is 5.32 Å². The standard InChI is InChI=1S/C6H15O2PS2.C2H7N/c1-3-5-6-11-9(7,10)8-4-2;1-3-2/h3-6H2,1-2H3,(H,7,10);3H,1-2H3. The molecule has 1 unspecified atom stereocenters. The summed E-state index contributed by atoms with van der Waals surface area (Å²) in [5.74, 6) is 0.907. The molecule has 0 spiro atoms. The normalized spacial score (nSPS) is 14.1. The Morgan fingerprint density at radius 3 is 2.29 bits per heavy atom. The molecule has 1 atom stereocenters. The molecule has 0 radical (unpaired) electrons. The molecule has 6 heteroatoms. The van der Waals surface area contributed by atoms with Crippen LogP contribution in [-0.4, -0.2) is 31.3 Å². The first-order valence-electron chi connectivity index (χ1n) is 4.74. The number of unbranched alkanes of at least 4 members (excludes halogenated alkanes) is 1. The van der Waals surface area contributed by atoms with E-state index in [-0.39, 0.29) is 0 Å². The van der Waals surface area contributed by atoms with Crippen molar-refractivity contribution < 1.29 is 9.42 Å². The third-order valence-corrected chi connectivity index (χ3v) is 5.53. The smallest absolute Gasteiger partial charge is 0.244 e. The summed E-state index contributed by atoms with van der Waals surface area (Å²) < 4.78 is 5.02. The number of hydrogen-bond donors (Lipinski definition) is 2. The fourth-order valence-corrected chi connectivity index (χ4v) is 4.18. The Kier molecular flexibility index (Phi) is 14.8. The van der Waals surface area contributed by atoms with Crippen molar-refractivity contribution in [1.29, 1.82) is 0 Å². The van der Waals surface area contributed by atoms with Crippen molar-refractivity contribution >= 4 is 28.9 Å². The van der Waals surface area contributed by atoms with Crippen LogP contribution in [0.5, 0.6) is 0 Å². The molecule has 0 fully saturated rings. The molecule has 3 nitrogen and oxygen atoms in total. The van der Waals surface area contributed by atoms with Crippen molar-refractivity contribution in [2.24, 2.45) is 0 Å². The maximum absolute atomic E-state index is 9.41. The fourth-order valence-electron chi connectivity index (χ4n) is 0.525. The fraction of sp³-hybridized carbons (Fsp3) is 1.00. The Labute approximate surface area is 96.9 Å². The third-order valence-electron chi connectivity index (χ3n) is 1.04. The second-order valence-electron chi connectivity index (χ2n) is 2.57. The van der Waals surface area contributed by atoms with Gasteiger partial charge >= 0.3 is 0 Å². The Hall–Kier alpha value is 0.880. The average molecular weight is 259 g/mol. The van der Waals surface area contributed by atoms with Crippen LogP contribution in [0.25, 0.3) is 0 Å². The van der Waals surface area contributed by atoms with Crippen LogP contribution in [0, 0.1) is 0 Å². The van der Waals surface area contributed by atoms with Crippen molar-refractivity contribution in [2.75, 3.05) is 26.5 Å². The largest absolute Gasteiger partial charge is 0.337 e. The van der Waals surface area contributed by atoms with Crippen LogP contribution in [-0.2, 0) is 16.3 Å². The van der Waals surface area contributed by atoms with E-state index in [2.05, 4.69) is 12.2 Å². The van der Waals surface area contributed by atoms with Gasteiger partial charge in [-0.1, -0.05) is 24.7 Å². The first-order chi connectivity index (χ1) is 6.54. The van der Waals surface area contributed by atoms with Crippen molar-refractivity contribution in [2.45, 2.75) is 26.7 Å². The van der Waals surface area contributed by atoms with Crippen LogP contribution in [0.3, 0.4) is 0 Å². The number of nitrogens with one attached hydrogen (secondary N) is 1. The van der Waals surface area contributed by atoms with Gasteiger partial charge in [-0.15, -0.1) is 0 Å². The van der Waals surface area contributed by atoms with Gasteiger partial charge in [-0.05, 0) is 39.2 Å². The molecule has 0 saturated heterocycles. The van der Waals surface area contributed by atoms with E-state index in [0.717, 1.165) is 18.6 Å². The monoisotopic (exact) mass is 259 g/mol. The molecule has 0 aromatic rings. The van der Waals surface area contributed by atoms with Crippen LogP contribution in [0.1, 0.15) is 26.7 Å². The van der Waals surface area contributed by atoms with E-state index in [1.54, 1.807) is 0 Å². The Morgan fingerprint density at radius 1 is 1.43 bits per heavy atom. The molecular formula is C8H22NO2PS2. The molecule has 14 heavy (non-hydrogen) atoms. The predicted molar refractivity (Wildman–Crippen MR) is 70.5 cm³/mol. The van der Waals surface area contributed by atoms with Gasteiger partial charge in [0.25, 0.3) is 0 Å². The van der Waals surface area contributed by atoms with Gasteiger partial charge in [0.1, 0.15) is 0 Å². The molecule has 88 valence electrons. The van der Waals surface area contributed by atoms with Crippen molar-refractivity contribution in [3.63, 3.8) is 0 Å². The van der Waals surface area contributed by atoms with E-state index in [0.29, 0.717) is 6.61 Å². The second-order valence-corrected chi connectivity index (χ2v) is 8.87. The summed E-state index contributed by atoms with van der Waals surface area (Å²) in [4.78, 5) is 9.41. The molecule has 0 aromatic carbocycles. The minimum absolute atomic E-state index is 0.507. The lowest BCUT2D eigenvalue weighted by Crippen LogP contribution is -1.89. The summed E-state index contributed by atoms with van der Waals surface area (Å²) in [6.07, 6.45) is 2.23. The number of hydrogen-bond acceptors (Lipinski definition) is 4. The summed E-state index contributed by atoms with van der Waals surface area (Å²) >= 11 is 6.25. The molecule has 2 N–H and O–H groups in total. The van der Waals surface area contributed by atoms with Crippen molar-refractivity contribution in [3.05, 3.63) is 0 Å².